The molecule has 0 aliphatic heterocycles. The number of hydrogen-bond acceptors (Lipinski definition) is 5. The fraction of sp³-hybridized carbons (Fsp3) is 0.304. The molecule has 0 fully saturated rings. The van der Waals surface area contributed by atoms with Gasteiger partial charge in [0, 0.05) is 16.6 Å². The minimum Gasteiger partial charge on any atom is -0.497 e. The van der Waals surface area contributed by atoms with E-state index < -0.39 is 0 Å². The quantitative estimate of drug-likeness (QED) is 0.587. The molecule has 6 nitrogen and oxygen atoms in total. The van der Waals surface area contributed by atoms with E-state index in [1.807, 2.05) is 20.8 Å². The highest BCUT2D eigenvalue weighted by Gasteiger charge is 2.20. The van der Waals surface area contributed by atoms with E-state index >= 15 is 0 Å². The molecule has 158 valence electrons. The lowest BCUT2D eigenvalue weighted by molar-refractivity contribution is -0.123. The monoisotopic (exact) mass is 429 g/mol. The zero-order valence-corrected chi connectivity index (χ0v) is 18.1. The second kappa shape index (κ2) is 9.22. The number of methoxy groups -OCH3 is 1. The maximum atomic E-state index is 13.2. The average Bonchev–Trinajstić information content (AvgIpc) is 2.74. The number of hydrogen-bond donors (Lipinski definition) is 1. The van der Waals surface area contributed by atoms with Gasteiger partial charge in [0.1, 0.15) is 11.3 Å². The van der Waals surface area contributed by atoms with Crippen LogP contribution in [0.2, 0.25) is 5.02 Å². The minimum absolute atomic E-state index is 0.0111. The molecule has 1 atom stereocenters. The predicted octanol–water partition coefficient (Wildman–Crippen LogP) is 4.72. The molecule has 1 aromatic heterocycles. The van der Waals surface area contributed by atoms with Crippen LogP contribution in [0.1, 0.15) is 25.8 Å². The standard InChI is InChI=1S/C23H24ClNO5/c1-5-14(3)25-20(26)12-29-23-21(27)17-11-18(24)13(2)10-19(17)30-22(23)15-6-8-16(28-4)9-7-15/h6-11,14H,5,12H2,1-4H3,(H,25,26). The van der Waals surface area contributed by atoms with E-state index in [9.17, 15) is 9.59 Å². The van der Waals surface area contributed by atoms with Gasteiger partial charge in [0.05, 0.1) is 12.5 Å². The van der Waals surface area contributed by atoms with E-state index in [2.05, 4.69) is 5.32 Å². The molecule has 7 heteroatoms. The molecule has 1 amide bonds. The summed E-state index contributed by atoms with van der Waals surface area (Å²) >= 11 is 6.20. The number of rotatable bonds is 7. The van der Waals surface area contributed by atoms with Crippen LogP contribution in [0.15, 0.2) is 45.6 Å². The molecule has 1 N–H and O–H groups in total. The Morgan fingerprint density at radius 3 is 2.57 bits per heavy atom. The molecule has 0 aliphatic carbocycles. The Balaban J connectivity index is 2.09. The highest BCUT2D eigenvalue weighted by molar-refractivity contribution is 6.32. The van der Waals surface area contributed by atoms with Crippen molar-refractivity contribution in [3.63, 3.8) is 0 Å². The second-order valence-corrected chi connectivity index (χ2v) is 7.49. The lowest BCUT2D eigenvalue weighted by Gasteiger charge is -2.14. The molecule has 3 aromatic rings. The second-order valence-electron chi connectivity index (χ2n) is 7.08. The number of aryl methyl sites for hydroxylation is 1. The zero-order chi connectivity index (χ0) is 21.8. The summed E-state index contributed by atoms with van der Waals surface area (Å²) in [7, 11) is 1.57. The van der Waals surface area contributed by atoms with Gasteiger partial charge >= 0.3 is 0 Å². The first kappa shape index (κ1) is 21.7. The number of nitrogens with one attached hydrogen (secondary N) is 1. The van der Waals surface area contributed by atoms with Crippen molar-refractivity contribution in [3.05, 3.63) is 57.2 Å². The molecular weight excluding hydrogens is 406 g/mol. The van der Waals surface area contributed by atoms with Crippen LogP contribution in [0.5, 0.6) is 11.5 Å². The minimum atomic E-state index is -0.389. The van der Waals surface area contributed by atoms with Crippen molar-refractivity contribution < 1.29 is 18.7 Å². The number of ether oxygens (including phenoxy) is 2. The predicted molar refractivity (Wildman–Crippen MR) is 118 cm³/mol. The van der Waals surface area contributed by atoms with Gasteiger partial charge in [-0.2, -0.15) is 0 Å². The molecule has 0 bridgehead atoms. The van der Waals surface area contributed by atoms with Gasteiger partial charge < -0.3 is 19.2 Å². The van der Waals surface area contributed by atoms with Crippen LogP contribution in [-0.2, 0) is 4.79 Å². The Labute approximate surface area is 179 Å². The first-order valence-electron chi connectivity index (χ1n) is 9.67. The molecule has 1 unspecified atom stereocenters. The van der Waals surface area contributed by atoms with Gasteiger partial charge in [-0.05, 0) is 62.2 Å². The number of amides is 1. The normalized spacial score (nSPS) is 11.9. The fourth-order valence-corrected chi connectivity index (χ4v) is 3.08. The number of fused-ring (bicyclic) bond motifs is 1. The first-order chi connectivity index (χ1) is 14.3. The first-order valence-corrected chi connectivity index (χ1v) is 10.0. The molecule has 30 heavy (non-hydrogen) atoms. The maximum Gasteiger partial charge on any atom is 0.258 e. The highest BCUT2D eigenvalue weighted by atomic mass is 35.5. The Kier molecular flexibility index (Phi) is 6.67. The van der Waals surface area contributed by atoms with Gasteiger partial charge in [-0.15, -0.1) is 0 Å². The molecule has 0 saturated carbocycles. The van der Waals surface area contributed by atoms with Gasteiger partial charge in [-0.1, -0.05) is 18.5 Å². The fourth-order valence-electron chi connectivity index (χ4n) is 2.92. The summed E-state index contributed by atoms with van der Waals surface area (Å²) < 4.78 is 16.9. The van der Waals surface area contributed by atoms with Crippen molar-refractivity contribution >= 4 is 28.5 Å². The molecule has 3 rings (SSSR count). The van der Waals surface area contributed by atoms with Crippen molar-refractivity contribution in [2.24, 2.45) is 0 Å². The zero-order valence-electron chi connectivity index (χ0n) is 17.4. The Hall–Kier alpha value is -2.99. The summed E-state index contributed by atoms with van der Waals surface area (Å²) in [5, 5.41) is 3.56. The number of carbonyl (C=O) groups excluding carboxylic acids is 1. The SMILES string of the molecule is CCC(C)NC(=O)COc1c(-c2ccc(OC)cc2)oc2cc(C)c(Cl)cc2c1=O. The maximum absolute atomic E-state index is 13.2. The van der Waals surface area contributed by atoms with Crippen LogP contribution in [0.25, 0.3) is 22.3 Å². The number of benzene rings is 2. The van der Waals surface area contributed by atoms with Crippen LogP contribution in [0, 0.1) is 6.92 Å². The number of halogens is 1. The molecule has 0 aliphatic rings. The van der Waals surface area contributed by atoms with E-state index in [-0.39, 0.29) is 35.5 Å². The summed E-state index contributed by atoms with van der Waals surface area (Å²) in [6, 6.07) is 10.3. The highest BCUT2D eigenvalue weighted by Crippen LogP contribution is 2.33. The van der Waals surface area contributed by atoms with Crippen molar-refractivity contribution in [1.29, 1.82) is 0 Å². The topological polar surface area (TPSA) is 77.8 Å². The van der Waals surface area contributed by atoms with Crippen molar-refractivity contribution in [3.8, 4) is 22.8 Å². The van der Waals surface area contributed by atoms with Crippen LogP contribution in [0.4, 0.5) is 0 Å². The van der Waals surface area contributed by atoms with Gasteiger partial charge in [0.2, 0.25) is 11.2 Å². The largest absolute Gasteiger partial charge is 0.497 e. The lowest BCUT2D eigenvalue weighted by atomic mass is 10.1. The molecule has 0 saturated heterocycles. The van der Waals surface area contributed by atoms with Crippen LogP contribution >= 0.6 is 11.6 Å². The van der Waals surface area contributed by atoms with E-state index in [0.29, 0.717) is 27.3 Å². The summed E-state index contributed by atoms with van der Waals surface area (Å²) in [4.78, 5) is 25.4. The Bertz CT molecular complexity index is 1120. The molecule has 1 heterocycles. The smallest absolute Gasteiger partial charge is 0.258 e. The van der Waals surface area contributed by atoms with Gasteiger partial charge in [-0.3, -0.25) is 9.59 Å². The van der Waals surface area contributed by atoms with Crippen LogP contribution < -0.4 is 20.2 Å². The third-order valence-electron chi connectivity index (χ3n) is 4.85. The van der Waals surface area contributed by atoms with Crippen molar-refractivity contribution in [1.82, 2.24) is 5.32 Å². The van der Waals surface area contributed by atoms with Gasteiger partial charge in [0.25, 0.3) is 5.91 Å². The van der Waals surface area contributed by atoms with E-state index in [0.717, 1.165) is 12.0 Å². The Morgan fingerprint density at radius 2 is 1.93 bits per heavy atom. The van der Waals surface area contributed by atoms with E-state index in [1.54, 1.807) is 43.5 Å². The summed E-state index contributed by atoms with van der Waals surface area (Å²) in [5.41, 5.74) is 1.42. The molecule has 0 radical (unpaired) electrons. The van der Waals surface area contributed by atoms with E-state index in [1.165, 1.54) is 0 Å². The third kappa shape index (κ3) is 4.60. The van der Waals surface area contributed by atoms with E-state index in [4.69, 9.17) is 25.5 Å². The average molecular weight is 430 g/mol. The van der Waals surface area contributed by atoms with Crippen molar-refractivity contribution in [2.45, 2.75) is 33.2 Å². The third-order valence-corrected chi connectivity index (χ3v) is 5.26. The summed E-state index contributed by atoms with van der Waals surface area (Å²) in [6.45, 7) is 5.40. The summed E-state index contributed by atoms with van der Waals surface area (Å²) in [5.74, 6) is 0.562. The van der Waals surface area contributed by atoms with Gasteiger partial charge in [0.15, 0.2) is 12.4 Å². The molecule has 2 aromatic carbocycles. The Morgan fingerprint density at radius 1 is 1.23 bits per heavy atom. The van der Waals surface area contributed by atoms with Crippen LogP contribution in [-0.4, -0.2) is 25.7 Å². The molecule has 0 spiro atoms. The van der Waals surface area contributed by atoms with Crippen LogP contribution in [0.3, 0.4) is 0 Å². The lowest BCUT2D eigenvalue weighted by Crippen LogP contribution is -2.36. The van der Waals surface area contributed by atoms with Crippen molar-refractivity contribution in [2.75, 3.05) is 13.7 Å². The summed E-state index contributed by atoms with van der Waals surface area (Å²) in [6.07, 6.45) is 0.790. The van der Waals surface area contributed by atoms with Gasteiger partial charge in [-0.25, -0.2) is 0 Å². The number of carbonyl (C=O) groups is 1. The molecular formula is C23H24ClNO5.